The van der Waals surface area contributed by atoms with Gasteiger partial charge in [0.15, 0.2) is 0 Å². The van der Waals surface area contributed by atoms with Crippen LogP contribution in [-0.2, 0) is 22.7 Å². The summed E-state index contributed by atoms with van der Waals surface area (Å²) in [4.78, 5) is 39.3. The van der Waals surface area contributed by atoms with Crippen molar-refractivity contribution in [3.8, 4) is 0 Å². The molecule has 1 saturated carbocycles. The maximum absolute atomic E-state index is 12.3. The number of carboxylic acid groups (broad SMARTS) is 1. The zero-order valence-corrected chi connectivity index (χ0v) is 15.9. The standard InChI is InChI=1S/C21H24N4O4/c26-19(16-4-5-17(11-16)20(27)28)23-13-15-2-1-3-18(10-15)25-21(29)24-12-14-6-8-22-9-7-14/h1-3,6-10,16-17H,4-5,11-13H2,(H,23,26)(H,27,28)(H2,24,25,29)/t16-,17+/m0/s1. The molecule has 0 unspecified atom stereocenters. The Morgan fingerprint density at radius 3 is 2.41 bits per heavy atom. The maximum Gasteiger partial charge on any atom is 0.319 e. The van der Waals surface area contributed by atoms with Crippen molar-refractivity contribution in [3.05, 3.63) is 59.9 Å². The molecule has 0 spiro atoms. The third-order valence-electron chi connectivity index (χ3n) is 5.01. The molecule has 1 aliphatic carbocycles. The number of hydrogen-bond acceptors (Lipinski definition) is 4. The van der Waals surface area contributed by atoms with Gasteiger partial charge in [0.2, 0.25) is 5.91 Å². The summed E-state index contributed by atoms with van der Waals surface area (Å²) >= 11 is 0. The fraction of sp³-hybridized carbons (Fsp3) is 0.333. The predicted octanol–water partition coefficient (Wildman–Crippen LogP) is 2.52. The van der Waals surface area contributed by atoms with E-state index >= 15 is 0 Å². The monoisotopic (exact) mass is 396 g/mol. The van der Waals surface area contributed by atoms with Crippen LogP contribution in [0.15, 0.2) is 48.8 Å². The maximum atomic E-state index is 12.3. The predicted molar refractivity (Wildman–Crippen MR) is 107 cm³/mol. The molecule has 1 heterocycles. The molecule has 0 aliphatic heterocycles. The van der Waals surface area contributed by atoms with E-state index in [4.69, 9.17) is 5.11 Å². The number of carboxylic acids is 1. The van der Waals surface area contributed by atoms with Gasteiger partial charge in [-0.25, -0.2) is 4.79 Å². The van der Waals surface area contributed by atoms with Crippen molar-refractivity contribution in [1.29, 1.82) is 0 Å². The molecule has 2 atom stereocenters. The first kappa shape index (κ1) is 20.3. The minimum atomic E-state index is -0.832. The Morgan fingerprint density at radius 1 is 0.966 bits per heavy atom. The number of nitrogens with one attached hydrogen (secondary N) is 3. The third kappa shape index (κ3) is 6.03. The number of carbonyl (C=O) groups is 3. The van der Waals surface area contributed by atoms with Crippen LogP contribution in [0.2, 0.25) is 0 Å². The Balaban J connectivity index is 1.46. The zero-order chi connectivity index (χ0) is 20.6. The number of urea groups is 1. The molecule has 8 nitrogen and oxygen atoms in total. The summed E-state index contributed by atoms with van der Waals surface area (Å²) in [6, 6.07) is 10.5. The number of hydrogen-bond donors (Lipinski definition) is 4. The summed E-state index contributed by atoms with van der Waals surface area (Å²) in [5.41, 5.74) is 2.41. The van der Waals surface area contributed by atoms with E-state index in [0.717, 1.165) is 11.1 Å². The summed E-state index contributed by atoms with van der Waals surface area (Å²) in [6.07, 6.45) is 4.87. The van der Waals surface area contributed by atoms with Crippen LogP contribution in [0.25, 0.3) is 0 Å². The number of benzene rings is 1. The molecule has 0 saturated heterocycles. The molecule has 2 aromatic rings. The fourth-order valence-electron chi connectivity index (χ4n) is 3.39. The average Bonchev–Trinajstić information content (AvgIpc) is 3.22. The Kier molecular flexibility index (Phi) is 6.78. The molecule has 3 amide bonds. The lowest BCUT2D eigenvalue weighted by atomic mass is 10.0. The van der Waals surface area contributed by atoms with Crippen molar-refractivity contribution in [1.82, 2.24) is 15.6 Å². The number of nitrogens with zero attached hydrogens (tertiary/aromatic N) is 1. The van der Waals surface area contributed by atoms with Gasteiger partial charge in [0.25, 0.3) is 0 Å². The highest BCUT2D eigenvalue weighted by Crippen LogP contribution is 2.31. The SMILES string of the molecule is O=C(NCc1ccncc1)Nc1cccc(CNC(=O)[C@H]2CC[C@@H](C(=O)O)C2)c1. The van der Waals surface area contributed by atoms with Gasteiger partial charge in [0.05, 0.1) is 5.92 Å². The molecule has 1 fully saturated rings. The molecule has 3 rings (SSSR count). The first-order valence-corrected chi connectivity index (χ1v) is 9.54. The van der Waals surface area contributed by atoms with E-state index < -0.39 is 11.9 Å². The summed E-state index contributed by atoms with van der Waals surface area (Å²) in [7, 11) is 0. The normalized spacial score (nSPS) is 18.1. The lowest BCUT2D eigenvalue weighted by Crippen LogP contribution is -2.29. The van der Waals surface area contributed by atoms with Gasteiger partial charge in [-0.3, -0.25) is 14.6 Å². The van der Waals surface area contributed by atoms with Gasteiger partial charge in [-0.2, -0.15) is 0 Å². The van der Waals surface area contributed by atoms with Crippen molar-refractivity contribution in [2.75, 3.05) is 5.32 Å². The van der Waals surface area contributed by atoms with E-state index in [-0.39, 0.29) is 17.9 Å². The third-order valence-corrected chi connectivity index (χ3v) is 5.01. The van der Waals surface area contributed by atoms with Crippen LogP contribution in [0.4, 0.5) is 10.5 Å². The van der Waals surface area contributed by atoms with Crippen molar-refractivity contribution in [3.63, 3.8) is 0 Å². The second-order valence-electron chi connectivity index (χ2n) is 7.13. The average molecular weight is 396 g/mol. The number of carbonyl (C=O) groups excluding carboxylic acids is 2. The van der Waals surface area contributed by atoms with E-state index in [2.05, 4.69) is 20.9 Å². The number of amides is 3. The molecule has 8 heteroatoms. The minimum absolute atomic E-state index is 0.123. The Bertz CT molecular complexity index is 872. The second-order valence-corrected chi connectivity index (χ2v) is 7.13. The van der Waals surface area contributed by atoms with E-state index in [1.165, 1.54) is 0 Å². The zero-order valence-electron chi connectivity index (χ0n) is 15.9. The molecule has 1 aromatic carbocycles. The van der Waals surface area contributed by atoms with Crippen LogP contribution in [0, 0.1) is 11.8 Å². The molecule has 4 N–H and O–H groups in total. The molecular weight excluding hydrogens is 372 g/mol. The first-order chi connectivity index (χ1) is 14.0. The number of pyridine rings is 1. The quantitative estimate of drug-likeness (QED) is 0.573. The highest BCUT2D eigenvalue weighted by Gasteiger charge is 2.33. The summed E-state index contributed by atoms with van der Waals surface area (Å²) in [5, 5.41) is 17.5. The van der Waals surface area contributed by atoms with Crippen molar-refractivity contribution < 1.29 is 19.5 Å². The Morgan fingerprint density at radius 2 is 1.69 bits per heavy atom. The topological polar surface area (TPSA) is 120 Å². The van der Waals surface area contributed by atoms with E-state index in [1.54, 1.807) is 30.6 Å². The minimum Gasteiger partial charge on any atom is -0.481 e. The summed E-state index contributed by atoms with van der Waals surface area (Å²) < 4.78 is 0. The van der Waals surface area contributed by atoms with Gasteiger partial charge >= 0.3 is 12.0 Å². The second kappa shape index (κ2) is 9.68. The van der Waals surface area contributed by atoms with Crippen LogP contribution < -0.4 is 16.0 Å². The fourth-order valence-corrected chi connectivity index (χ4v) is 3.39. The molecule has 1 aromatic heterocycles. The lowest BCUT2D eigenvalue weighted by molar-refractivity contribution is -0.141. The summed E-state index contributed by atoms with van der Waals surface area (Å²) in [5.74, 6) is -1.64. The molecule has 152 valence electrons. The largest absolute Gasteiger partial charge is 0.481 e. The number of rotatable bonds is 7. The van der Waals surface area contributed by atoms with Gasteiger partial charge in [0.1, 0.15) is 0 Å². The van der Waals surface area contributed by atoms with Crippen LogP contribution >= 0.6 is 0 Å². The lowest BCUT2D eigenvalue weighted by Gasteiger charge is -2.12. The molecule has 1 aliphatic rings. The van der Waals surface area contributed by atoms with Crippen LogP contribution in [-0.4, -0.2) is 28.0 Å². The van der Waals surface area contributed by atoms with Gasteiger partial charge in [-0.15, -0.1) is 0 Å². The summed E-state index contributed by atoms with van der Waals surface area (Å²) in [6.45, 7) is 0.712. The Hall–Kier alpha value is -3.42. The van der Waals surface area contributed by atoms with Crippen LogP contribution in [0.5, 0.6) is 0 Å². The van der Waals surface area contributed by atoms with Crippen LogP contribution in [0.3, 0.4) is 0 Å². The van der Waals surface area contributed by atoms with Gasteiger partial charge in [0, 0.05) is 37.1 Å². The highest BCUT2D eigenvalue weighted by atomic mass is 16.4. The van der Waals surface area contributed by atoms with E-state index in [9.17, 15) is 14.4 Å². The van der Waals surface area contributed by atoms with Gasteiger partial charge in [-0.1, -0.05) is 12.1 Å². The Labute approximate surface area is 168 Å². The molecule has 0 radical (unpaired) electrons. The van der Waals surface area contributed by atoms with Crippen molar-refractivity contribution in [2.45, 2.75) is 32.4 Å². The van der Waals surface area contributed by atoms with E-state index in [0.29, 0.717) is 38.0 Å². The van der Waals surface area contributed by atoms with Gasteiger partial charge in [-0.05, 0) is 54.7 Å². The number of anilines is 1. The van der Waals surface area contributed by atoms with E-state index in [1.807, 2.05) is 18.2 Å². The van der Waals surface area contributed by atoms with Gasteiger partial charge < -0.3 is 21.1 Å². The van der Waals surface area contributed by atoms with Crippen molar-refractivity contribution >= 4 is 23.6 Å². The molecule has 29 heavy (non-hydrogen) atoms. The molecule has 0 bridgehead atoms. The number of aromatic nitrogens is 1. The van der Waals surface area contributed by atoms with Crippen LogP contribution in [0.1, 0.15) is 30.4 Å². The molecular formula is C21H24N4O4. The number of aliphatic carboxylic acids is 1. The first-order valence-electron chi connectivity index (χ1n) is 9.54. The highest BCUT2D eigenvalue weighted by molar-refractivity contribution is 5.89. The smallest absolute Gasteiger partial charge is 0.319 e. The van der Waals surface area contributed by atoms with Crippen molar-refractivity contribution in [2.24, 2.45) is 11.8 Å².